The van der Waals surface area contributed by atoms with Gasteiger partial charge in [0.15, 0.2) is 0 Å². The summed E-state index contributed by atoms with van der Waals surface area (Å²) >= 11 is 0. The number of unbranched alkanes of at least 4 members (excludes halogenated alkanes) is 1. The van der Waals surface area contributed by atoms with Crippen molar-refractivity contribution >= 4 is 11.9 Å². The number of hydrogen-bond acceptors (Lipinski definition) is 3. The highest BCUT2D eigenvalue weighted by Crippen LogP contribution is 2.27. The van der Waals surface area contributed by atoms with Crippen LogP contribution in [0.3, 0.4) is 0 Å². The Kier molecular flexibility index (Phi) is 6.18. The van der Waals surface area contributed by atoms with E-state index in [0.717, 1.165) is 12.8 Å². The summed E-state index contributed by atoms with van der Waals surface area (Å²) in [5, 5.41) is 12.2. The molecule has 20 heavy (non-hydrogen) atoms. The van der Waals surface area contributed by atoms with E-state index in [2.05, 4.69) is 5.32 Å². The van der Waals surface area contributed by atoms with Crippen LogP contribution in [-0.4, -0.2) is 30.1 Å². The van der Waals surface area contributed by atoms with Crippen molar-refractivity contribution in [2.45, 2.75) is 31.6 Å². The van der Waals surface area contributed by atoms with Gasteiger partial charge in [0.1, 0.15) is 0 Å². The van der Waals surface area contributed by atoms with Gasteiger partial charge < -0.3 is 16.2 Å². The zero-order chi connectivity index (χ0) is 15.0. The molecular formula is C15H22N2O3. The normalized spacial score (nSPS) is 13.5. The smallest absolute Gasteiger partial charge is 0.314 e. The van der Waals surface area contributed by atoms with Gasteiger partial charge in [-0.25, -0.2) is 0 Å². The molecule has 0 aliphatic rings. The highest BCUT2D eigenvalue weighted by atomic mass is 16.4. The summed E-state index contributed by atoms with van der Waals surface area (Å²) in [5.41, 5.74) is 4.79. The molecule has 0 fully saturated rings. The lowest BCUT2D eigenvalue weighted by Crippen LogP contribution is -2.39. The first-order valence-corrected chi connectivity index (χ1v) is 6.76. The fraction of sp³-hybridized carbons (Fsp3) is 0.467. The summed E-state index contributed by atoms with van der Waals surface area (Å²) in [6.07, 6.45) is 1.57. The van der Waals surface area contributed by atoms with E-state index in [0.29, 0.717) is 18.7 Å². The minimum atomic E-state index is -1.21. The molecule has 110 valence electrons. The van der Waals surface area contributed by atoms with E-state index < -0.39 is 11.4 Å². The quantitative estimate of drug-likeness (QED) is 0.624. The first-order valence-electron chi connectivity index (χ1n) is 6.76. The van der Waals surface area contributed by atoms with Gasteiger partial charge in [-0.3, -0.25) is 9.59 Å². The van der Waals surface area contributed by atoms with Gasteiger partial charge in [-0.1, -0.05) is 30.3 Å². The minimum Gasteiger partial charge on any atom is -0.481 e. The third-order valence-electron chi connectivity index (χ3n) is 3.35. The molecule has 0 aromatic heterocycles. The number of carboxylic acid groups (broad SMARTS) is 1. The third kappa shape index (κ3) is 4.35. The maximum Gasteiger partial charge on any atom is 0.314 e. The van der Waals surface area contributed by atoms with Gasteiger partial charge in [-0.15, -0.1) is 0 Å². The van der Waals surface area contributed by atoms with E-state index in [1.54, 1.807) is 31.2 Å². The number of amides is 1. The average molecular weight is 278 g/mol. The van der Waals surface area contributed by atoms with Crippen LogP contribution >= 0.6 is 0 Å². The Bertz CT molecular complexity index is 448. The lowest BCUT2D eigenvalue weighted by Gasteiger charge is -2.24. The maximum atomic E-state index is 11.9. The zero-order valence-corrected chi connectivity index (χ0v) is 11.8. The second-order valence-electron chi connectivity index (χ2n) is 5.03. The van der Waals surface area contributed by atoms with Crippen molar-refractivity contribution in [3.05, 3.63) is 35.9 Å². The molecule has 5 nitrogen and oxygen atoms in total. The topological polar surface area (TPSA) is 92.4 Å². The predicted molar refractivity (Wildman–Crippen MR) is 77.3 cm³/mol. The van der Waals surface area contributed by atoms with E-state index in [-0.39, 0.29) is 12.3 Å². The number of carbonyl (C=O) groups is 2. The van der Waals surface area contributed by atoms with Crippen molar-refractivity contribution in [3.63, 3.8) is 0 Å². The van der Waals surface area contributed by atoms with Crippen LogP contribution in [0.15, 0.2) is 30.3 Å². The number of rotatable bonds is 8. The van der Waals surface area contributed by atoms with Gasteiger partial charge in [0.25, 0.3) is 0 Å². The number of aliphatic carboxylic acids is 1. The van der Waals surface area contributed by atoms with Crippen LogP contribution < -0.4 is 11.1 Å². The number of benzene rings is 1. The first-order chi connectivity index (χ1) is 9.50. The molecular weight excluding hydrogens is 256 g/mol. The van der Waals surface area contributed by atoms with Gasteiger partial charge in [-0.2, -0.15) is 0 Å². The Labute approximate surface area is 119 Å². The summed E-state index contributed by atoms with van der Waals surface area (Å²) in [6, 6.07) is 8.83. The van der Waals surface area contributed by atoms with E-state index >= 15 is 0 Å². The second kappa shape index (κ2) is 7.65. The largest absolute Gasteiger partial charge is 0.481 e. The van der Waals surface area contributed by atoms with Crippen LogP contribution in [0.2, 0.25) is 0 Å². The Balaban J connectivity index is 2.68. The fourth-order valence-electron chi connectivity index (χ4n) is 1.99. The van der Waals surface area contributed by atoms with Crippen LogP contribution in [0.1, 0.15) is 31.7 Å². The Morgan fingerprint density at radius 1 is 1.25 bits per heavy atom. The molecule has 5 heteroatoms. The van der Waals surface area contributed by atoms with Crippen molar-refractivity contribution in [1.29, 1.82) is 0 Å². The summed E-state index contributed by atoms with van der Waals surface area (Å²) < 4.78 is 0. The van der Waals surface area contributed by atoms with Gasteiger partial charge in [0, 0.05) is 13.0 Å². The summed E-state index contributed by atoms with van der Waals surface area (Å²) in [4.78, 5) is 23.4. The van der Waals surface area contributed by atoms with Crippen molar-refractivity contribution in [1.82, 2.24) is 5.32 Å². The Morgan fingerprint density at radius 3 is 2.45 bits per heavy atom. The van der Waals surface area contributed by atoms with Crippen LogP contribution in [0.4, 0.5) is 0 Å². The first kappa shape index (κ1) is 16.2. The second-order valence-corrected chi connectivity index (χ2v) is 5.03. The van der Waals surface area contributed by atoms with Crippen molar-refractivity contribution in [3.8, 4) is 0 Å². The van der Waals surface area contributed by atoms with E-state index in [1.165, 1.54) is 0 Å². The molecule has 0 saturated heterocycles. The minimum absolute atomic E-state index is 0.0744. The van der Waals surface area contributed by atoms with Crippen LogP contribution in [0, 0.1) is 0 Å². The molecule has 0 bridgehead atoms. The van der Waals surface area contributed by atoms with Crippen molar-refractivity contribution in [2.24, 2.45) is 5.73 Å². The average Bonchev–Trinajstić information content (AvgIpc) is 2.44. The number of nitrogens with one attached hydrogen (secondary N) is 1. The Morgan fingerprint density at radius 2 is 1.90 bits per heavy atom. The summed E-state index contributed by atoms with van der Waals surface area (Å²) in [5.74, 6) is -1.25. The highest BCUT2D eigenvalue weighted by Gasteiger charge is 2.37. The van der Waals surface area contributed by atoms with Crippen LogP contribution in [0.25, 0.3) is 0 Å². The number of hydrogen-bond donors (Lipinski definition) is 3. The van der Waals surface area contributed by atoms with Crippen LogP contribution in [0.5, 0.6) is 0 Å². The standard InChI is InChI=1S/C15H22N2O3/c1-15(14(19)20,12-7-3-2-4-8-12)11-13(18)17-10-6-5-9-16/h2-4,7-8H,5-6,9-11,16H2,1H3,(H,17,18)(H,19,20). The number of carbonyl (C=O) groups excluding carboxylic acids is 1. The molecule has 0 aliphatic heterocycles. The molecule has 1 rings (SSSR count). The van der Waals surface area contributed by atoms with Gasteiger partial charge in [0.05, 0.1) is 5.41 Å². The predicted octanol–water partition coefficient (Wildman–Crippen LogP) is 1.27. The lowest BCUT2D eigenvalue weighted by molar-refractivity contribution is -0.145. The number of carboxylic acids is 1. The molecule has 1 atom stereocenters. The zero-order valence-electron chi connectivity index (χ0n) is 11.8. The number of nitrogens with two attached hydrogens (primary N) is 1. The summed E-state index contributed by atoms with van der Waals surface area (Å²) in [6.45, 7) is 2.69. The van der Waals surface area contributed by atoms with Crippen molar-refractivity contribution in [2.75, 3.05) is 13.1 Å². The van der Waals surface area contributed by atoms with Crippen LogP contribution in [-0.2, 0) is 15.0 Å². The lowest BCUT2D eigenvalue weighted by atomic mass is 9.79. The molecule has 1 aromatic rings. The highest BCUT2D eigenvalue weighted by molar-refractivity contribution is 5.89. The van der Waals surface area contributed by atoms with Gasteiger partial charge in [-0.05, 0) is 31.9 Å². The third-order valence-corrected chi connectivity index (χ3v) is 3.35. The Hall–Kier alpha value is -1.88. The monoisotopic (exact) mass is 278 g/mol. The molecule has 1 amide bonds. The molecule has 0 heterocycles. The molecule has 1 aromatic carbocycles. The molecule has 0 radical (unpaired) electrons. The molecule has 0 aliphatic carbocycles. The molecule has 1 unspecified atom stereocenters. The maximum absolute atomic E-state index is 11.9. The molecule has 0 spiro atoms. The molecule has 0 saturated carbocycles. The van der Waals surface area contributed by atoms with Gasteiger partial charge >= 0.3 is 5.97 Å². The fourth-order valence-corrected chi connectivity index (χ4v) is 1.99. The summed E-state index contributed by atoms with van der Waals surface area (Å²) in [7, 11) is 0. The van der Waals surface area contributed by atoms with E-state index in [1.807, 2.05) is 6.07 Å². The van der Waals surface area contributed by atoms with Crippen molar-refractivity contribution < 1.29 is 14.7 Å². The van der Waals surface area contributed by atoms with E-state index in [4.69, 9.17) is 5.73 Å². The SMILES string of the molecule is CC(CC(=O)NCCCCN)(C(=O)O)c1ccccc1. The molecule has 4 N–H and O–H groups in total. The van der Waals surface area contributed by atoms with E-state index in [9.17, 15) is 14.7 Å². The van der Waals surface area contributed by atoms with Gasteiger partial charge in [0.2, 0.25) is 5.91 Å².